The molecule has 1 N–H and O–H groups in total. The molecule has 0 aliphatic carbocycles. The molecular weight excluding hydrogens is 280 g/mol. The molecule has 0 amide bonds. The van der Waals surface area contributed by atoms with E-state index in [0.29, 0.717) is 11.5 Å². The molecule has 0 atom stereocenters. The number of anilines is 2. The van der Waals surface area contributed by atoms with Crippen LogP contribution in [0.2, 0.25) is 0 Å². The number of hydrogen-bond donors (Lipinski definition) is 1. The van der Waals surface area contributed by atoms with Gasteiger partial charge in [-0.3, -0.25) is 0 Å². The Morgan fingerprint density at radius 1 is 1.00 bits per heavy atom. The zero-order chi connectivity index (χ0) is 14.9. The first kappa shape index (κ1) is 12.5. The Morgan fingerprint density at radius 3 is 2.55 bits per heavy atom. The van der Waals surface area contributed by atoms with E-state index in [1.54, 1.807) is 7.11 Å². The van der Waals surface area contributed by atoms with E-state index in [1.165, 1.54) is 4.63 Å². The van der Waals surface area contributed by atoms with Gasteiger partial charge < -0.3 is 10.1 Å². The zero-order valence-electron chi connectivity index (χ0n) is 11.8. The highest BCUT2D eigenvalue weighted by atomic mass is 16.5. The average Bonchev–Trinajstić information content (AvgIpc) is 3.04. The third kappa shape index (κ3) is 1.99. The largest absolute Gasteiger partial charge is 0.497 e. The molecule has 7 heteroatoms. The predicted molar refractivity (Wildman–Crippen MR) is 82.4 cm³/mol. The average molecular weight is 292 g/mol. The molecule has 0 saturated carbocycles. The maximum absolute atomic E-state index is 5.16. The Kier molecular flexibility index (Phi) is 2.82. The highest BCUT2D eigenvalue weighted by molar-refractivity contribution is 6.00. The van der Waals surface area contributed by atoms with Crippen LogP contribution in [0, 0.1) is 0 Å². The lowest BCUT2D eigenvalue weighted by Crippen LogP contribution is -2.02. The van der Waals surface area contributed by atoms with Crippen molar-refractivity contribution in [1.29, 1.82) is 0 Å². The van der Waals surface area contributed by atoms with Gasteiger partial charge in [-0.25, -0.2) is 0 Å². The Hall–Kier alpha value is -3.22. The second-order valence-corrected chi connectivity index (χ2v) is 4.74. The quantitative estimate of drug-likeness (QED) is 0.625. The summed E-state index contributed by atoms with van der Waals surface area (Å²) >= 11 is 0. The minimum absolute atomic E-state index is 0.635. The minimum atomic E-state index is 0.635. The summed E-state index contributed by atoms with van der Waals surface area (Å²) in [7, 11) is 1.64. The molecule has 108 valence electrons. The van der Waals surface area contributed by atoms with Gasteiger partial charge in [0, 0.05) is 16.5 Å². The topological polar surface area (TPSA) is 77.2 Å². The summed E-state index contributed by atoms with van der Waals surface area (Å²) in [5.41, 5.74) is 1.54. The summed E-state index contributed by atoms with van der Waals surface area (Å²) in [6.07, 6.45) is 0. The number of nitrogens with one attached hydrogen (secondary N) is 1. The summed E-state index contributed by atoms with van der Waals surface area (Å²) in [5.74, 6) is 1.50. The first-order chi connectivity index (χ1) is 10.8. The van der Waals surface area contributed by atoms with E-state index in [-0.39, 0.29) is 0 Å². The molecule has 0 spiro atoms. The Labute approximate surface area is 125 Å². The van der Waals surface area contributed by atoms with Gasteiger partial charge in [0.15, 0.2) is 5.82 Å². The van der Waals surface area contributed by atoms with Gasteiger partial charge in [0.25, 0.3) is 0 Å². The summed E-state index contributed by atoms with van der Waals surface area (Å²) in [6.45, 7) is 0. The van der Waals surface area contributed by atoms with Crippen LogP contribution in [0.1, 0.15) is 0 Å². The second-order valence-electron chi connectivity index (χ2n) is 4.74. The third-order valence-corrected chi connectivity index (χ3v) is 3.42. The Morgan fingerprint density at radius 2 is 1.77 bits per heavy atom. The first-order valence-corrected chi connectivity index (χ1v) is 6.73. The molecule has 0 bridgehead atoms. The molecule has 0 fully saturated rings. The molecule has 2 aromatic carbocycles. The number of nitrogens with zero attached hydrogens (tertiary/aromatic N) is 5. The predicted octanol–water partition coefficient (Wildman–Crippen LogP) is 2.42. The van der Waals surface area contributed by atoms with E-state index in [0.717, 1.165) is 22.2 Å². The van der Waals surface area contributed by atoms with Crippen LogP contribution in [0.15, 0.2) is 48.5 Å². The van der Waals surface area contributed by atoms with Crippen LogP contribution < -0.4 is 10.1 Å². The van der Waals surface area contributed by atoms with E-state index in [9.17, 15) is 0 Å². The van der Waals surface area contributed by atoms with Gasteiger partial charge in [0.2, 0.25) is 5.65 Å². The number of fused-ring (bicyclic) bond motifs is 3. The molecule has 4 rings (SSSR count). The van der Waals surface area contributed by atoms with Gasteiger partial charge in [0.1, 0.15) is 5.75 Å². The van der Waals surface area contributed by atoms with Gasteiger partial charge >= 0.3 is 0 Å². The van der Waals surface area contributed by atoms with Crippen molar-refractivity contribution in [2.75, 3.05) is 12.4 Å². The molecule has 2 aromatic heterocycles. The van der Waals surface area contributed by atoms with Crippen molar-refractivity contribution in [3.05, 3.63) is 48.5 Å². The third-order valence-electron chi connectivity index (χ3n) is 3.42. The molecule has 0 unspecified atom stereocenters. The highest BCUT2D eigenvalue weighted by Crippen LogP contribution is 2.26. The maximum atomic E-state index is 5.16. The van der Waals surface area contributed by atoms with Crippen molar-refractivity contribution < 1.29 is 4.74 Å². The van der Waals surface area contributed by atoms with E-state index in [4.69, 9.17) is 4.74 Å². The Balaban J connectivity index is 1.84. The molecule has 0 saturated heterocycles. The fourth-order valence-electron chi connectivity index (χ4n) is 2.35. The van der Waals surface area contributed by atoms with Gasteiger partial charge in [-0.15, -0.1) is 14.8 Å². The van der Waals surface area contributed by atoms with Gasteiger partial charge in [0.05, 0.1) is 7.11 Å². The molecule has 2 heterocycles. The van der Waals surface area contributed by atoms with E-state index >= 15 is 0 Å². The molecule has 22 heavy (non-hydrogen) atoms. The Bertz CT molecular complexity index is 947. The van der Waals surface area contributed by atoms with Crippen molar-refractivity contribution in [3.63, 3.8) is 0 Å². The van der Waals surface area contributed by atoms with Crippen molar-refractivity contribution in [2.24, 2.45) is 0 Å². The SMILES string of the molecule is COc1ccc(Nc2nn3nnnc3c3ccccc23)cc1. The van der Waals surface area contributed by atoms with Crippen LogP contribution in [0.3, 0.4) is 0 Å². The number of hydrogen-bond acceptors (Lipinski definition) is 6. The van der Waals surface area contributed by atoms with Crippen molar-refractivity contribution >= 4 is 27.9 Å². The second kappa shape index (κ2) is 4.96. The van der Waals surface area contributed by atoms with Crippen LogP contribution in [0.5, 0.6) is 5.75 Å². The summed E-state index contributed by atoms with van der Waals surface area (Å²) < 4.78 is 6.59. The fourth-order valence-corrected chi connectivity index (χ4v) is 2.35. The maximum Gasteiger partial charge on any atom is 0.207 e. The van der Waals surface area contributed by atoms with Gasteiger partial charge in [-0.05, 0) is 34.7 Å². The normalized spacial score (nSPS) is 11.0. The lowest BCUT2D eigenvalue weighted by atomic mass is 10.2. The highest BCUT2D eigenvalue weighted by Gasteiger charge is 2.10. The van der Waals surface area contributed by atoms with Crippen molar-refractivity contribution in [2.45, 2.75) is 0 Å². The van der Waals surface area contributed by atoms with Gasteiger partial charge in [-0.1, -0.05) is 24.3 Å². The number of methoxy groups -OCH3 is 1. The lowest BCUT2D eigenvalue weighted by Gasteiger charge is -2.09. The van der Waals surface area contributed by atoms with E-state index in [1.807, 2.05) is 48.5 Å². The molecule has 0 aliphatic rings. The number of tetrazole rings is 1. The molecule has 0 aliphatic heterocycles. The summed E-state index contributed by atoms with van der Waals surface area (Å²) in [5, 5.41) is 21.2. The summed E-state index contributed by atoms with van der Waals surface area (Å²) in [4.78, 5) is 0. The number of rotatable bonds is 3. The van der Waals surface area contributed by atoms with E-state index < -0.39 is 0 Å². The molecule has 0 radical (unpaired) electrons. The van der Waals surface area contributed by atoms with E-state index in [2.05, 4.69) is 25.9 Å². The van der Waals surface area contributed by atoms with Crippen LogP contribution in [-0.2, 0) is 0 Å². The van der Waals surface area contributed by atoms with Gasteiger partial charge in [-0.2, -0.15) is 0 Å². The number of benzene rings is 2. The molecule has 4 aromatic rings. The zero-order valence-corrected chi connectivity index (χ0v) is 11.8. The summed E-state index contributed by atoms with van der Waals surface area (Å²) in [6, 6.07) is 15.5. The monoisotopic (exact) mass is 292 g/mol. The lowest BCUT2D eigenvalue weighted by molar-refractivity contribution is 0.415. The van der Waals surface area contributed by atoms with Crippen molar-refractivity contribution in [3.8, 4) is 5.75 Å². The smallest absolute Gasteiger partial charge is 0.207 e. The first-order valence-electron chi connectivity index (χ1n) is 6.73. The minimum Gasteiger partial charge on any atom is -0.497 e. The van der Waals surface area contributed by atoms with Crippen LogP contribution >= 0.6 is 0 Å². The molecular formula is C15H12N6O. The van der Waals surface area contributed by atoms with Crippen LogP contribution in [0.4, 0.5) is 11.5 Å². The molecule has 7 nitrogen and oxygen atoms in total. The standard InChI is InChI=1S/C15H12N6O/c1-22-11-8-6-10(7-9-11)16-14-12-4-2-3-5-13(12)15-17-19-20-21(15)18-14/h2-9H,1H3,(H,16,18). The number of aromatic nitrogens is 5. The van der Waals surface area contributed by atoms with Crippen molar-refractivity contribution in [1.82, 2.24) is 25.3 Å². The van der Waals surface area contributed by atoms with Crippen LogP contribution in [-0.4, -0.2) is 32.4 Å². The number of ether oxygens (including phenoxy) is 1. The fraction of sp³-hybridized carbons (Fsp3) is 0.0667. The van der Waals surface area contributed by atoms with Crippen LogP contribution in [0.25, 0.3) is 16.4 Å².